The van der Waals surface area contributed by atoms with Gasteiger partial charge in [0, 0.05) is 42.0 Å². The molecule has 1 unspecified atom stereocenters. The van der Waals surface area contributed by atoms with Crippen LogP contribution in [0.25, 0.3) is 0 Å². The summed E-state index contributed by atoms with van der Waals surface area (Å²) >= 11 is 3.36. The van der Waals surface area contributed by atoms with Crippen molar-refractivity contribution in [2.24, 2.45) is 5.73 Å². The van der Waals surface area contributed by atoms with Crippen molar-refractivity contribution in [1.29, 1.82) is 0 Å². The van der Waals surface area contributed by atoms with Crippen molar-refractivity contribution in [3.63, 3.8) is 0 Å². The molecule has 0 aromatic carbocycles. The molecule has 0 aliphatic carbocycles. The van der Waals surface area contributed by atoms with Crippen LogP contribution in [0.1, 0.15) is 25.5 Å². The van der Waals surface area contributed by atoms with Gasteiger partial charge in [-0.3, -0.25) is 4.98 Å². The van der Waals surface area contributed by atoms with Crippen LogP contribution >= 0.6 is 15.9 Å². The highest BCUT2D eigenvalue weighted by molar-refractivity contribution is 9.10. The Labute approximate surface area is 106 Å². The van der Waals surface area contributed by atoms with Gasteiger partial charge in [0.1, 0.15) is 0 Å². The summed E-state index contributed by atoms with van der Waals surface area (Å²) in [6, 6.07) is 4.12. The van der Waals surface area contributed by atoms with E-state index in [0.29, 0.717) is 0 Å². The molecule has 1 aromatic rings. The molecule has 0 amide bonds. The molecule has 90 valence electrons. The van der Waals surface area contributed by atoms with Gasteiger partial charge in [-0.2, -0.15) is 0 Å². The Hall–Kier alpha value is -0.450. The number of nitrogens with zero attached hydrogens (tertiary/aromatic N) is 1. The van der Waals surface area contributed by atoms with Gasteiger partial charge in [-0.1, -0.05) is 6.92 Å². The Morgan fingerprint density at radius 3 is 2.88 bits per heavy atom. The second-order valence-electron chi connectivity index (χ2n) is 3.83. The molecule has 0 radical (unpaired) electrons. The zero-order valence-corrected chi connectivity index (χ0v) is 11.2. The largest absolute Gasteiger partial charge is 0.381 e. The predicted molar refractivity (Wildman–Crippen MR) is 69.3 cm³/mol. The van der Waals surface area contributed by atoms with E-state index in [1.54, 1.807) is 6.20 Å². The van der Waals surface area contributed by atoms with Crippen LogP contribution in [0, 0.1) is 0 Å². The van der Waals surface area contributed by atoms with E-state index in [-0.39, 0.29) is 6.04 Å². The van der Waals surface area contributed by atoms with Gasteiger partial charge in [0.25, 0.3) is 0 Å². The maximum Gasteiger partial charge on any atom is 0.0480 e. The van der Waals surface area contributed by atoms with Crippen LogP contribution in [0.3, 0.4) is 0 Å². The number of halogens is 1. The highest BCUT2D eigenvalue weighted by Gasteiger charge is 2.05. The number of hydrogen-bond acceptors (Lipinski definition) is 3. The van der Waals surface area contributed by atoms with Crippen LogP contribution in [0.4, 0.5) is 0 Å². The van der Waals surface area contributed by atoms with E-state index < -0.39 is 0 Å². The van der Waals surface area contributed by atoms with E-state index in [4.69, 9.17) is 10.5 Å². The van der Waals surface area contributed by atoms with E-state index in [9.17, 15) is 0 Å². The van der Waals surface area contributed by atoms with E-state index in [0.717, 1.165) is 42.6 Å². The molecule has 0 aliphatic rings. The average Bonchev–Trinajstić information content (AvgIpc) is 2.28. The molecule has 3 nitrogen and oxygen atoms in total. The third-order valence-corrected chi connectivity index (χ3v) is 2.71. The molecule has 0 aliphatic heterocycles. The van der Waals surface area contributed by atoms with E-state index in [1.807, 2.05) is 12.1 Å². The lowest BCUT2D eigenvalue weighted by Gasteiger charge is -2.11. The number of pyridine rings is 1. The van der Waals surface area contributed by atoms with E-state index >= 15 is 0 Å². The molecular formula is C12H19BrN2O. The Morgan fingerprint density at radius 2 is 2.25 bits per heavy atom. The fraction of sp³-hybridized carbons (Fsp3) is 0.583. The molecule has 0 spiro atoms. The maximum absolute atomic E-state index is 5.99. The van der Waals surface area contributed by atoms with Gasteiger partial charge in [0.15, 0.2) is 0 Å². The zero-order chi connectivity index (χ0) is 11.8. The van der Waals surface area contributed by atoms with Crippen molar-refractivity contribution >= 4 is 15.9 Å². The fourth-order valence-electron chi connectivity index (χ4n) is 1.38. The third kappa shape index (κ3) is 5.58. The Kier molecular flexibility index (Phi) is 6.61. The van der Waals surface area contributed by atoms with Crippen LogP contribution in [0.5, 0.6) is 0 Å². The smallest absolute Gasteiger partial charge is 0.0480 e. The van der Waals surface area contributed by atoms with Crippen molar-refractivity contribution in [2.75, 3.05) is 13.2 Å². The summed E-state index contributed by atoms with van der Waals surface area (Å²) in [5.74, 6) is 0. The van der Waals surface area contributed by atoms with Crippen molar-refractivity contribution in [3.05, 3.63) is 28.5 Å². The fourth-order valence-corrected chi connectivity index (χ4v) is 1.61. The molecule has 0 saturated carbocycles. The molecular weight excluding hydrogens is 268 g/mol. The van der Waals surface area contributed by atoms with Crippen molar-refractivity contribution < 1.29 is 4.74 Å². The molecule has 0 saturated heterocycles. The molecule has 4 heteroatoms. The monoisotopic (exact) mass is 286 g/mol. The van der Waals surface area contributed by atoms with Crippen LogP contribution < -0.4 is 5.73 Å². The van der Waals surface area contributed by atoms with Crippen LogP contribution in [-0.4, -0.2) is 24.2 Å². The van der Waals surface area contributed by atoms with Crippen LogP contribution in [-0.2, 0) is 11.2 Å². The first-order valence-corrected chi connectivity index (χ1v) is 6.45. The Bertz CT molecular complexity index is 290. The minimum absolute atomic E-state index is 0.130. The third-order valence-electron chi connectivity index (χ3n) is 2.24. The Morgan fingerprint density at radius 1 is 1.44 bits per heavy atom. The summed E-state index contributed by atoms with van der Waals surface area (Å²) in [5, 5.41) is 0. The zero-order valence-electron chi connectivity index (χ0n) is 9.66. The molecule has 1 atom stereocenters. The molecule has 2 N–H and O–H groups in total. The van der Waals surface area contributed by atoms with Gasteiger partial charge in [-0.15, -0.1) is 0 Å². The number of nitrogens with two attached hydrogens (primary N) is 1. The lowest BCUT2D eigenvalue weighted by molar-refractivity contribution is 0.127. The molecule has 1 aromatic heterocycles. The van der Waals surface area contributed by atoms with Crippen LogP contribution in [0.2, 0.25) is 0 Å². The second-order valence-corrected chi connectivity index (χ2v) is 4.75. The van der Waals surface area contributed by atoms with Crippen molar-refractivity contribution in [2.45, 2.75) is 32.2 Å². The summed E-state index contributed by atoms with van der Waals surface area (Å²) in [5.41, 5.74) is 7.03. The second kappa shape index (κ2) is 7.76. The number of aromatic nitrogens is 1. The molecule has 1 heterocycles. The van der Waals surface area contributed by atoms with E-state index in [1.165, 1.54) is 0 Å². The topological polar surface area (TPSA) is 48.1 Å². The van der Waals surface area contributed by atoms with Gasteiger partial charge in [0.05, 0.1) is 0 Å². The van der Waals surface area contributed by atoms with Crippen molar-refractivity contribution in [3.8, 4) is 0 Å². The SMILES string of the molecule is CCCOCCC(N)Cc1ccc(Br)cn1. The summed E-state index contributed by atoms with van der Waals surface area (Å²) in [6.45, 7) is 3.67. The van der Waals surface area contributed by atoms with Crippen LogP contribution in [0.15, 0.2) is 22.8 Å². The molecule has 1 rings (SSSR count). The highest BCUT2D eigenvalue weighted by Crippen LogP contribution is 2.09. The van der Waals surface area contributed by atoms with E-state index in [2.05, 4.69) is 27.8 Å². The maximum atomic E-state index is 5.99. The molecule has 0 fully saturated rings. The number of hydrogen-bond donors (Lipinski definition) is 1. The predicted octanol–water partition coefficient (Wildman–Crippen LogP) is 2.53. The number of ether oxygens (including phenoxy) is 1. The summed E-state index contributed by atoms with van der Waals surface area (Å²) < 4.78 is 6.40. The first-order chi connectivity index (χ1) is 7.72. The van der Waals surface area contributed by atoms with Gasteiger partial charge >= 0.3 is 0 Å². The minimum atomic E-state index is 0.130. The lowest BCUT2D eigenvalue weighted by atomic mass is 10.1. The first kappa shape index (κ1) is 13.6. The van der Waals surface area contributed by atoms with Crippen molar-refractivity contribution in [1.82, 2.24) is 4.98 Å². The summed E-state index contributed by atoms with van der Waals surface area (Å²) in [7, 11) is 0. The Balaban J connectivity index is 2.23. The minimum Gasteiger partial charge on any atom is -0.381 e. The van der Waals surface area contributed by atoms with Gasteiger partial charge in [-0.05, 0) is 40.9 Å². The van der Waals surface area contributed by atoms with Gasteiger partial charge < -0.3 is 10.5 Å². The number of rotatable bonds is 7. The average molecular weight is 287 g/mol. The molecule has 16 heavy (non-hydrogen) atoms. The summed E-state index contributed by atoms with van der Waals surface area (Å²) in [4.78, 5) is 4.29. The first-order valence-electron chi connectivity index (χ1n) is 5.66. The highest BCUT2D eigenvalue weighted by atomic mass is 79.9. The standard InChI is InChI=1S/C12H19BrN2O/c1-2-6-16-7-5-11(14)8-12-4-3-10(13)9-15-12/h3-4,9,11H,2,5-8,14H2,1H3. The van der Waals surface area contributed by atoms with Gasteiger partial charge in [-0.25, -0.2) is 0 Å². The molecule has 0 bridgehead atoms. The van der Waals surface area contributed by atoms with Gasteiger partial charge in [0.2, 0.25) is 0 Å². The lowest BCUT2D eigenvalue weighted by Crippen LogP contribution is -2.25. The normalized spacial score (nSPS) is 12.7. The summed E-state index contributed by atoms with van der Waals surface area (Å²) in [6.07, 6.45) is 4.56. The quantitative estimate of drug-likeness (QED) is 0.784.